The molecule has 4 aromatic rings. The lowest BCUT2D eigenvalue weighted by molar-refractivity contribution is -0.385. The maximum absolute atomic E-state index is 14.3. The molecule has 32 heavy (non-hydrogen) atoms. The Bertz CT molecular complexity index is 1380. The Hall–Kier alpha value is -4.40. The fraction of sp³-hybridized carbons (Fsp3) is 0.0870. The zero-order chi connectivity index (χ0) is 22.8. The second kappa shape index (κ2) is 8.38. The molecule has 0 aliphatic carbocycles. The molecule has 0 saturated carbocycles. The molecule has 0 unspecified atom stereocenters. The van der Waals surface area contributed by atoms with Crippen molar-refractivity contribution < 1.29 is 23.6 Å². The molecule has 0 spiro atoms. The fourth-order valence-corrected chi connectivity index (χ4v) is 3.42. The highest BCUT2D eigenvalue weighted by atomic mass is 19.1. The Kier molecular flexibility index (Phi) is 5.46. The van der Waals surface area contributed by atoms with Crippen molar-refractivity contribution in [2.75, 3.05) is 6.61 Å². The van der Waals surface area contributed by atoms with Crippen LogP contribution >= 0.6 is 0 Å². The lowest BCUT2D eigenvalue weighted by atomic mass is 10.1. The van der Waals surface area contributed by atoms with E-state index < -0.39 is 22.5 Å². The Morgan fingerprint density at radius 1 is 1.09 bits per heavy atom. The summed E-state index contributed by atoms with van der Waals surface area (Å²) in [6, 6.07) is 14.3. The molecule has 0 amide bonds. The molecule has 2 aromatic heterocycles. The number of hydrogen-bond donors (Lipinski definition) is 0. The average molecular weight is 433 g/mol. The third kappa shape index (κ3) is 3.60. The normalized spacial score (nSPS) is 10.8. The van der Waals surface area contributed by atoms with Crippen molar-refractivity contribution in [3.63, 3.8) is 0 Å². The molecule has 0 N–H and O–H groups in total. The van der Waals surface area contributed by atoms with Crippen LogP contribution in [-0.2, 0) is 4.74 Å². The van der Waals surface area contributed by atoms with Gasteiger partial charge in [-0.25, -0.2) is 14.2 Å². The molecule has 9 heteroatoms. The number of aromatic nitrogens is 2. The Morgan fingerprint density at radius 2 is 1.81 bits per heavy atom. The first kappa shape index (κ1) is 20.9. The molecule has 0 bridgehead atoms. The number of nitrogens with zero attached hydrogens (tertiary/aromatic N) is 3. The standard InChI is InChI=1S/C23H16FN3O5/c1-2-32-23(29)16-11-21(22(28)15-8-4-6-10-19(15)27(30)31)26-13-25-18(12-20(16)26)14-7-3-5-9-17(14)24/h3-13H,2H2,1H3. The van der Waals surface area contributed by atoms with Crippen molar-refractivity contribution >= 4 is 23.0 Å². The number of carbonyl (C=O) groups excluding carboxylic acids is 2. The number of fused-ring (bicyclic) bond motifs is 1. The molecule has 2 heterocycles. The highest BCUT2D eigenvalue weighted by Gasteiger charge is 2.26. The van der Waals surface area contributed by atoms with Crippen molar-refractivity contribution in [3.05, 3.63) is 99.7 Å². The molecule has 2 aromatic carbocycles. The molecule has 0 aliphatic rings. The minimum absolute atomic E-state index is 0.00932. The van der Waals surface area contributed by atoms with Gasteiger partial charge in [0.05, 0.1) is 34.0 Å². The van der Waals surface area contributed by atoms with Gasteiger partial charge in [-0.05, 0) is 37.3 Å². The molecule has 0 saturated heterocycles. The van der Waals surface area contributed by atoms with Gasteiger partial charge in [0.1, 0.15) is 17.7 Å². The van der Waals surface area contributed by atoms with Gasteiger partial charge in [-0.2, -0.15) is 0 Å². The maximum atomic E-state index is 14.3. The number of rotatable bonds is 6. The first-order chi connectivity index (χ1) is 15.4. The van der Waals surface area contributed by atoms with Gasteiger partial charge < -0.3 is 4.74 Å². The molecule has 0 fully saturated rings. The lowest BCUT2D eigenvalue weighted by Crippen LogP contribution is -2.08. The topological polar surface area (TPSA) is 104 Å². The van der Waals surface area contributed by atoms with Crippen LogP contribution in [0.15, 0.2) is 67.0 Å². The smallest absolute Gasteiger partial charge is 0.340 e. The quantitative estimate of drug-likeness (QED) is 0.193. The number of halogens is 1. The van der Waals surface area contributed by atoms with E-state index in [9.17, 15) is 24.1 Å². The van der Waals surface area contributed by atoms with E-state index in [-0.39, 0.29) is 45.9 Å². The van der Waals surface area contributed by atoms with Crippen LogP contribution in [0.2, 0.25) is 0 Å². The van der Waals surface area contributed by atoms with Gasteiger partial charge >= 0.3 is 5.97 Å². The minimum Gasteiger partial charge on any atom is -0.462 e. The van der Waals surface area contributed by atoms with E-state index >= 15 is 0 Å². The number of esters is 1. The number of benzene rings is 2. The van der Waals surface area contributed by atoms with Crippen molar-refractivity contribution in [2.45, 2.75) is 6.92 Å². The van der Waals surface area contributed by atoms with Crippen LogP contribution in [0.5, 0.6) is 0 Å². The molecule has 0 radical (unpaired) electrons. The minimum atomic E-state index is -0.683. The lowest BCUT2D eigenvalue weighted by Gasteiger charge is -2.07. The van der Waals surface area contributed by atoms with Gasteiger partial charge in [-0.15, -0.1) is 0 Å². The highest BCUT2D eigenvalue weighted by Crippen LogP contribution is 2.28. The second-order valence-electron chi connectivity index (χ2n) is 6.78. The van der Waals surface area contributed by atoms with Crippen LogP contribution in [0.25, 0.3) is 16.8 Å². The van der Waals surface area contributed by atoms with Crippen LogP contribution in [0.4, 0.5) is 10.1 Å². The van der Waals surface area contributed by atoms with E-state index in [1.54, 1.807) is 25.1 Å². The van der Waals surface area contributed by atoms with Gasteiger partial charge in [-0.3, -0.25) is 19.3 Å². The van der Waals surface area contributed by atoms with Crippen molar-refractivity contribution in [1.29, 1.82) is 0 Å². The van der Waals surface area contributed by atoms with Crippen LogP contribution in [-0.4, -0.2) is 32.7 Å². The third-order valence-corrected chi connectivity index (χ3v) is 4.88. The molecule has 8 nitrogen and oxygen atoms in total. The molecular weight excluding hydrogens is 417 g/mol. The summed E-state index contributed by atoms with van der Waals surface area (Å²) in [5, 5.41) is 11.4. The first-order valence-electron chi connectivity index (χ1n) is 9.63. The van der Waals surface area contributed by atoms with Crippen molar-refractivity contribution in [3.8, 4) is 11.3 Å². The number of nitro benzene ring substituents is 1. The molecule has 4 rings (SSSR count). The van der Waals surface area contributed by atoms with Gasteiger partial charge in [0.15, 0.2) is 0 Å². The van der Waals surface area contributed by atoms with E-state index in [1.807, 2.05) is 0 Å². The van der Waals surface area contributed by atoms with Gasteiger partial charge in [-0.1, -0.05) is 24.3 Å². The summed E-state index contributed by atoms with van der Waals surface area (Å²) >= 11 is 0. The summed E-state index contributed by atoms with van der Waals surface area (Å²) in [6.07, 6.45) is 1.28. The van der Waals surface area contributed by atoms with E-state index in [1.165, 1.54) is 53.2 Å². The number of para-hydroxylation sites is 1. The van der Waals surface area contributed by atoms with Crippen LogP contribution in [0, 0.1) is 15.9 Å². The number of hydrogen-bond acceptors (Lipinski definition) is 6. The molecular formula is C23H16FN3O5. The summed E-state index contributed by atoms with van der Waals surface area (Å²) in [5.74, 6) is -1.84. The predicted molar refractivity (Wildman–Crippen MR) is 113 cm³/mol. The number of ketones is 1. The highest BCUT2D eigenvalue weighted by molar-refractivity contribution is 6.13. The van der Waals surface area contributed by atoms with E-state index in [4.69, 9.17) is 4.74 Å². The summed E-state index contributed by atoms with van der Waals surface area (Å²) in [6.45, 7) is 1.75. The van der Waals surface area contributed by atoms with Crippen LogP contribution in [0.1, 0.15) is 33.3 Å². The zero-order valence-electron chi connectivity index (χ0n) is 16.8. The van der Waals surface area contributed by atoms with E-state index in [0.29, 0.717) is 0 Å². The molecule has 0 atom stereocenters. The Morgan fingerprint density at radius 3 is 2.53 bits per heavy atom. The number of ether oxygens (including phenoxy) is 1. The van der Waals surface area contributed by atoms with Gasteiger partial charge in [0.25, 0.3) is 5.69 Å². The summed E-state index contributed by atoms with van der Waals surface area (Å²) in [4.78, 5) is 40.8. The molecule has 160 valence electrons. The number of nitro groups is 1. The average Bonchev–Trinajstić information content (AvgIpc) is 3.18. The monoisotopic (exact) mass is 433 g/mol. The Labute approximate surface area is 181 Å². The summed E-state index contributed by atoms with van der Waals surface area (Å²) in [7, 11) is 0. The second-order valence-corrected chi connectivity index (χ2v) is 6.78. The van der Waals surface area contributed by atoms with Gasteiger partial charge in [0, 0.05) is 11.6 Å². The van der Waals surface area contributed by atoms with Crippen LogP contribution < -0.4 is 0 Å². The zero-order valence-corrected chi connectivity index (χ0v) is 16.8. The predicted octanol–water partition coefficient (Wildman–Crippen LogP) is 4.46. The maximum Gasteiger partial charge on any atom is 0.340 e. The summed E-state index contributed by atoms with van der Waals surface area (Å²) in [5.41, 5.74) is 0.297. The SMILES string of the molecule is CCOC(=O)c1cc(C(=O)c2ccccc2[N+](=O)[O-])n2cnc(-c3ccccc3F)cc12. The fourth-order valence-electron chi connectivity index (χ4n) is 3.42. The Balaban J connectivity index is 1.93. The molecule has 0 aliphatic heterocycles. The number of carbonyl (C=O) groups is 2. The van der Waals surface area contributed by atoms with Crippen molar-refractivity contribution in [1.82, 2.24) is 9.38 Å². The van der Waals surface area contributed by atoms with E-state index in [0.717, 1.165) is 0 Å². The van der Waals surface area contributed by atoms with E-state index in [2.05, 4.69) is 4.98 Å². The first-order valence-corrected chi connectivity index (χ1v) is 9.63. The largest absolute Gasteiger partial charge is 0.462 e. The van der Waals surface area contributed by atoms with Crippen LogP contribution in [0.3, 0.4) is 0 Å². The summed E-state index contributed by atoms with van der Waals surface area (Å²) < 4.78 is 20.7. The third-order valence-electron chi connectivity index (χ3n) is 4.88. The van der Waals surface area contributed by atoms with Gasteiger partial charge in [0.2, 0.25) is 5.78 Å². The van der Waals surface area contributed by atoms with Crippen molar-refractivity contribution in [2.24, 2.45) is 0 Å².